The van der Waals surface area contributed by atoms with Gasteiger partial charge in [-0.05, 0) is 30.9 Å². The predicted molar refractivity (Wildman–Crippen MR) is 72.0 cm³/mol. The molecule has 1 aliphatic rings. The van der Waals surface area contributed by atoms with Gasteiger partial charge in [-0.15, -0.1) is 0 Å². The molecule has 2 N–H and O–H groups in total. The van der Waals surface area contributed by atoms with Crippen molar-refractivity contribution in [3.05, 3.63) is 23.9 Å². The summed E-state index contributed by atoms with van der Waals surface area (Å²) in [6.07, 6.45) is 5.31. The summed E-state index contributed by atoms with van der Waals surface area (Å²) in [5, 5.41) is 0. The molecule has 0 aliphatic carbocycles. The Morgan fingerprint density at radius 1 is 1.35 bits per heavy atom. The van der Waals surface area contributed by atoms with Crippen LogP contribution in [0.1, 0.15) is 38.3 Å². The molecule has 0 amide bonds. The summed E-state index contributed by atoms with van der Waals surface area (Å²) in [5.41, 5.74) is 6.61. The Morgan fingerprint density at radius 3 is 2.76 bits per heavy atom. The minimum Gasteiger partial charge on any atom is -0.357 e. The molecule has 3 heteroatoms. The van der Waals surface area contributed by atoms with Crippen LogP contribution in [0.25, 0.3) is 0 Å². The van der Waals surface area contributed by atoms with Gasteiger partial charge in [0, 0.05) is 19.6 Å². The molecule has 0 aromatic carbocycles. The molecular weight excluding hydrogens is 210 g/mol. The average molecular weight is 233 g/mol. The molecular formula is C14H23N3. The fourth-order valence-electron chi connectivity index (χ4n) is 2.62. The molecule has 0 unspecified atom stereocenters. The molecule has 17 heavy (non-hydrogen) atoms. The van der Waals surface area contributed by atoms with Crippen molar-refractivity contribution in [3.63, 3.8) is 0 Å². The van der Waals surface area contributed by atoms with Crippen LogP contribution in [0.15, 0.2) is 18.2 Å². The van der Waals surface area contributed by atoms with E-state index in [2.05, 4.69) is 28.9 Å². The molecule has 0 radical (unpaired) electrons. The maximum absolute atomic E-state index is 5.63. The van der Waals surface area contributed by atoms with E-state index < -0.39 is 0 Å². The summed E-state index contributed by atoms with van der Waals surface area (Å²) in [6.45, 7) is 5.09. The Kier molecular flexibility index (Phi) is 4.37. The number of anilines is 1. The minimum absolute atomic E-state index is 0.528. The summed E-state index contributed by atoms with van der Waals surface area (Å²) in [7, 11) is 0. The van der Waals surface area contributed by atoms with Gasteiger partial charge in [-0.2, -0.15) is 0 Å². The molecule has 1 aromatic heterocycles. The molecule has 2 rings (SSSR count). The minimum atomic E-state index is 0.528. The second-order valence-corrected chi connectivity index (χ2v) is 4.91. The highest BCUT2D eigenvalue weighted by Crippen LogP contribution is 2.24. The van der Waals surface area contributed by atoms with E-state index in [-0.39, 0.29) is 0 Å². The Hall–Kier alpha value is -1.09. The number of nitrogens with zero attached hydrogens (tertiary/aromatic N) is 2. The van der Waals surface area contributed by atoms with Crippen molar-refractivity contribution >= 4 is 5.82 Å². The molecule has 1 aliphatic heterocycles. The van der Waals surface area contributed by atoms with E-state index in [4.69, 9.17) is 5.73 Å². The quantitative estimate of drug-likeness (QED) is 0.869. The standard InChI is InChI=1S/C14H23N3/c1-2-4-12-7-9-17(10-8-12)14-6-3-5-13(11-15)16-14/h3,5-6,12H,2,4,7-11,15H2,1H3. The molecule has 0 bridgehead atoms. The number of rotatable bonds is 4. The smallest absolute Gasteiger partial charge is 0.128 e. The van der Waals surface area contributed by atoms with Gasteiger partial charge in [0.2, 0.25) is 0 Å². The van der Waals surface area contributed by atoms with Crippen molar-refractivity contribution in [2.75, 3.05) is 18.0 Å². The summed E-state index contributed by atoms with van der Waals surface area (Å²) in [4.78, 5) is 6.98. The second-order valence-electron chi connectivity index (χ2n) is 4.91. The Balaban J connectivity index is 1.95. The van der Waals surface area contributed by atoms with Gasteiger partial charge in [-0.1, -0.05) is 25.8 Å². The summed E-state index contributed by atoms with van der Waals surface area (Å²) < 4.78 is 0. The van der Waals surface area contributed by atoms with Crippen LogP contribution < -0.4 is 10.6 Å². The van der Waals surface area contributed by atoms with Crippen LogP contribution in [0.2, 0.25) is 0 Å². The first-order valence-corrected chi connectivity index (χ1v) is 6.74. The van der Waals surface area contributed by atoms with E-state index in [9.17, 15) is 0 Å². The predicted octanol–water partition coefficient (Wildman–Crippen LogP) is 2.56. The number of hydrogen-bond donors (Lipinski definition) is 1. The first-order valence-electron chi connectivity index (χ1n) is 6.74. The van der Waals surface area contributed by atoms with Crippen LogP contribution in [-0.4, -0.2) is 18.1 Å². The molecule has 0 atom stereocenters. The zero-order valence-electron chi connectivity index (χ0n) is 10.7. The number of nitrogens with two attached hydrogens (primary N) is 1. The van der Waals surface area contributed by atoms with Gasteiger partial charge in [-0.3, -0.25) is 0 Å². The largest absolute Gasteiger partial charge is 0.357 e. The van der Waals surface area contributed by atoms with Crippen LogP contribution in [0.3, 0.4) is 0 Å². The normalized spacial score (nSPS) is 17.4. The Morgan fingerprint density at radius 2 is 2.12 bits per heavy atom. The monoisotopic (exact) mass is 233 g/mol. The summed E-state index contributed by atoms with van der Waals surface area (Å²) in [6, 6.07) is 6.15. The van der Waals surface area contributed by atoms with Crippen molar-refractivity contribution in [2.45, 2.75) is 39.2 Å². The van der Waals surface area contributed by atoms with Crippen molar-refractivity contribution in [1.82, 2.24) is 4.98 Å². The number of hydrogen-bond acceptors (Lipinski definition) is 3. The van der Waals surface area contributed by atoms with Gasteiger partial charge in [0.15, 0.2) is 0 Å². The fourth-order valence-corrected chi connectivity index (χ4v) is 2.62. The molecule has 1 fully saturated rings. The molecule has 1 saturated heterocycles. The highest BCUT2D eigenvalue weighted by atomic mass is 15.2. The van der Waals surface area contributed by atoms with Crippen LogP contribution in [0.4, 0.5) is 5.82 Å². The molecule has 1 aromatic rings. The lowest BCUT2D eigenvalue weighted by Crippen LogP contribution is -2.34. The fraction of sp³-hybridized carbons (Fsp3) is 0.643. The zero-order valence-corrected chi connectivity index (χ0v) is 10.7. The molecule has 0 saturated carbocycles. The summed E-state index contributed by atoms with van der Waals surface area (Å²) in [5.74, 6) is 2.02. The van der Waals surface area contributed by atoms with E-state index in [0.717, 1.165) is 30.5 Å². The summed E-state index contributed by atoms with van der Waals surface area (Å²) >= 11 is 0. The molecule has 2 heterocycles. The van der Waals surface area contributed by atoms with Crippen molar-refractivity contribution < 1.29 is 0 Å². The van der Waals surface area contributed by atoms with Gasteiger partial charge in [0.25, 0.3) is 0 Å². The number of aromatic nitrogens is 1. The van der Waals surface area contributed by atoms with Crippen LogP contribution in [0, 0.1) is 5.92 Å². The Bertz CT molecular complexity index is 343. The van der Waals surface area contributed by atoms with Crippen molar-refractivity contribution in [2.24, 2.45) is 11.7 Å². The molecule has 0 spiro atoms. The third-order valence-electron chi connectivity index (χ3n) is 3.64. The van der Waals surface area contributed by atoms with E-state index >= 15 is 0 Å². The lowest BCUT2D eigenvalue weighted by Gasteiger charge is -2.32. The van der Waals surface area contributed by atoms with Crippen molar-refractivity contribution in [1.29, 1.82) is 0 Å². The third kappa shape index (κ3) is 3.19. The lowest BCUT2D eigenvalue weighted by molar-refractivity contribution is 0.377. The highest BCUT2D eigenvalue weighted by molar-refractivity contribution is 5.39. The SMILES string of the molecule is CCCC1CCN(c2cccc(CN)n2)CC1. The van der Waals surface area contributed by atoms with E-state index in [1.54, 1.807) is 0 Å². The van der Waals surface area contributed by atoms with Gasteiger partial charge in [0.1, 0.15) is 5.82 Å². The first kappa shape index (κ1) is 12.4. The topological polar surface area (TPSA) is 42.1 Å². The van der Waals surface area contributed by atoms with Crippen LogP contribution >= 0.6 is 0 Å². The maximum Gasteiger partial charge on any atom is 0.128 e. The van der Waals surface area contributed by atoms with Gasteiger partial charge >= 0.3 is 0 Å². The number of piperidine rings is 1. The van der Waals surface area contributed by atoms with Gasteiger partial charge < -0.3 is 10.6 Å². The third-order valence-corrected chi connectivity index (χ3v) is 3.64. The van der Waals surface area contributed by atoms with Gasteiger partial charge in [-0.25, -0.2) is 4.98 Å². The van der Waals surface area contributed by atoms with Crippen molar-refractivity contribution in [3.8, 4) is 0 Å². The van der Waals surface area contributed by atoms with Crippen LogP contribution in [-0.2, 0) is 6.54 Å². The molecule has 3 nitrogen and oxygen atoms in total. The highest BCUT2D eigenvalue weighted by Gasteiger charge is 2.19. The average Bonchev–Trinajstić information content (AvgIpc) is 2.40. The number of pyridine rings is 1. The van der Waals surface area contributed by atoms with E-state index in [1.807, 2.05) is 6.07 Å². The lowest BCUT2D eigenvalue weighted by atomic mass is 9.92. The van der Waals surface area contributed by atoms with E-state index in [0.29, 0.717) is 6.54 Å². The second kappa shape index (κ2) is 6.01. The maximum atomic E-state index is 5.63. The van der Waals surface area contributed by atoms with E-state index in [1.165, 1.54) is 25.7 Å². The Labute approximate surface area is 104 Å². The van der Waals surface area contributed by atoms with Gasteiger partial charge in [0.05, 0.1) is 5.69 Å². The van der Waals surface area contributed by atoms with Crippen LogP contribution in [0.5, 0.6) is 0 Å². The zero-order chi connectivity index (χ0) is 12.1. The first-order chi connectivity index (χ1) is 8.33. The molecule has 94 valence electrons.